The Hall–Kier alpha value is -1.60. The van der Waals surface area contributed by atoms with E-state index in [4.69, 9.17) is 5.73 Å². The number of hydrogen-bond donors (Lipinski definition) is 3. The molecule has 0 saturated heterocycles. The largest absolute Gasteiger partial charge is 0.398 e. The third-order valence-corrected chi connectivity index (χ3v) is 4.18. The Kier molecular flexibility index (Phi) is 5.36. The number of aryl methyl sites for hydroxylation is 1. The van der Waals surface area contributed by atoms with Gasteiger partial charge in [-0.1, -0.05) is 6.07 Å². The number of nitrogens with one attached hydrogen (secondary N) is 2. The monoisotopic (exact) mass is 313 g/mol. The third-order valence-electron chi connectivity index (χ3n) is 2.72. The van der Waals surface area contributed by atoms with Crippen LogP contribution >= 0.6 is 0 Å². The van der Waals surface area contributed by atoms with Gasteiger partial charge < -0.3 is 11.1 Å². The maximum absolute atomic E-state index is 12.1. The Labute approximate surface area is 126 Å². The van der Waals surface area contributed by atoms with E-state index in [1.54, 1.807) is 13.0 Å². The van der Waals surface area contributed by atoms with E-state index in [9.17, 15) is 13.2 Å². The summed E-state index contributed by atoms with van der Waals surface area (Å²) >= 11 is 0. The van der Waals surface area contributed by atoms with E-state index in [0.29, 0.717) is 5.69 Å². The summed E-state index contributed by atoms with van der Waals surface area (Å²) in [4.78, 5) is 11.7. The molecule has 1 amide bonds. The van der Waals surface area contributed by atoms with Gasteiger partial charge in [0.2, 0.25) is 15.9 Å². The number of carbonyl (C=O) groups excluding carboxylic acids is 1. The van der Waals surface area contributed by atoms with E-state index in [0.717, 1.165) is 5.56 Å². The van der Waals surface area contributed by atoms with Crippen LogP contribution in [0.15, 0.2) is 23.1 Å². The Morgan fingerprint density at radius 1 is 1.29 bits per heavy atom. The molecule has 118 valence electrons. The summed E-state index contributed by atoms with van der Waals surface area (Å²) < 4.78 is 26.5. The highest BCUT2D eigenvalue weighted by Gasteiger charge is 2.17. The van der Waals surface area contributed by atoms with Crippen LogP contribution in [0.5, 0.6) is 0 Å². The van der Waals surface area contributed by atoms with Crippen molar-refractivity contribution in [2.24, 2.45) is 0 Å². The molecule has 21 heavy (non-hydrogen) atoms. The van der Waals surface area contributed by atoms with Crippen molar-refractivity contribution in [2.45, 2.75) is 44.6 Å². The van der Waals surface area contributed by atoms with Gasteiger partial charge in [-0.05, 0) is 45.4 Å². The van der Waals surface area contributed by atoms with Gasteiger partial charge in [0.05, 0.1) is 4.90 Å². The Morgan fingerprint density at radius 2 is 1.90 bits per heavy atom. The summed E-state index contributed by atoms with van der Waals surface area (Å²) in [5, 5.41) is 2.77. The van der Waals surface area contributed by atoms with Crippen molar-refractivity contribution in [3.8, 4) is 0 Å². The molecule has 0 spiro atoms. The zero-order chi connectivity index (χ0) is 16.3. The first-order valence-electron chi connectivity index (χ1n) is 6.68. The summed E-state index contributed by atoms with van der Waals surface area (Å²) in [5.74, 6) is -0.200. The summed E-state index contributed by atoms with van der Waals surface area (Å²) in [5.41, 5.74) is 6.61. The molecule has 0 aromatic heterocycles. The average Bonchev–Trinajstić information content (AvgIpc) is 2.29. The molecule has 6 nitrogen and oxygen atoms in total. The molecule has 0 aliphatic rings. The van der Waals surface area contributed by atoms with Crippen molar-refractivity contribution < 1.29 is 13.2 Å². The zero-order valence-corrected chi connectivity index (χ0v) is 13.7. The number of nitrogens with two attached hydrogens (primary N) is 1. The van der Waals surface area contributed by atoms with Crippen LogP contribution in [0, 0.1) is 6.92 Å². The van der Waals surface area contributed by atoms with Crippen LogP contribution in [0.2, 0.25) is 0 Å². The summed E-state index contributed by atoms with van der Waals surface area (Å²) in [7, 11) is -3.65. The third kappa shape index (κ3) is 5.73. The van der Waals surface area contributed by atoms with Crippen LogP contribution in [0.1, 0.15) is 32.8 Å². The van der Waals surface area contributed by atoms with Crippen LogP contribution in [0.4, 0.5) is 5.69 Å². The topological polar surface area (TPSA) is 101 Å². The lowest BCUT2D eigenvalue weighted by Crippen LogP contribution is -2.41. The van der Waals surface area contributed by atoms with E-state index in [1.807, 2.05) is 20.8 Å². The smallest absolute Gasteiger partial charge is 0.240 e. The predicted molar refractivity (Wildman–Crippen MR) is 83.3 cm³/mol. The molecule has 0 bridgehead atoms. The molecule has 0 fully saturated rings. The first-order chi connectivity index (χ1) is 9.51. The van der Waals surface area contributed by atoms with Crippen molar-refractivity contribution >= 4 is 21.6 Å². The first kappa shape index (κ1) is 17.5. The molecule has 0 unspecified atom stereocenters. The number of carbonyl (C=O) groups is 1. The van der Waals surface area contributed by atoms with E-state index in [-0.39, 0.29) is 29.3 Å². The molecule has 0 radical (unpaired) electrons. The number of rotatable bonds is 5. The van der Waals surface area contributed by atoms with Crippen LogP contribution in [-0.4, -0.2) is 26.4 Å². The Balaban J connectivity index is 2.61. The fourth-order valence-electron chi connectivity index (χ4n) is 1.65. The standard InChI is InChI=1S/C14H23N3O3S/c1-10-5-6-11(9-12(10)15)21(19,20)16-8-7-13(18)17-14(2,3)4/h5-6,9,16H,7-8,15H2,1-4H3,(H,17,18). The van der Waals surface area contributed by atoms with Gasteiger partial charge in [0.25, 0.3) is 0 Å². The molecule has 4 N–H and O–H groups in total. The molecule has 1 aromatic carbocycles. The van der Waals surface area contributed by atoms with Crippen LogP contribution < -0.4 is 15.8 Å². The molecular weight excluding hydrogens is 290 g/mol. The number of amides is 1. The molecule has 0 aliphatic heterocycles. The quantitative estimate of drug-likeness (QED) is 0.710. The summed E-state index contributed by atoms with van der Waals surface area (Å²) in [6, 6.07) is 4.55. The minimum absolute atomic E-state index is 0.0397. The van der Waals surface area contributed by atoms with Crippen molar-refractivity contribution in [3.63, 3.8) is 0 Å². The minimum Gasteiger partial charge on any atom is -0.398 e. The lowest BCUT2D eigenvalue weighted by molar-refractivity contribution is -0.122. The van der Waals surface area contributed by atoms with Gasteiger partial charge in [0.1, 0.15) is 0 Å². The normalized spacial score (nSPS) is 12.2. The van der Waals surface area contributed by atoms with Crippen molar-refractivity contribution in [1.29, 1.82) is 0 Å². The number of benzene rings is 1. The second kappa shape index (κ2) is 6.44. The molecule has 0 aliphatic carbocycles. The van der Waals surface area contributed by atoms with Crippen LogP contribution in [0.3, 0.4) is 0 Å². The highest BCUT2D eigenvalue weighted by atomic mass is 32.2. The van der Waals surface area contributed by atoms with E-state index >= 15 is 0 Å². The summed E-state index contributed by atoms with van der Waals surface area (Å²) in [6.07, 6.45) is 0.0812. The fraction of sp³-hybridized carbons (Fsp3) is 0.500. The lowest BCUT2D eigenvalue weighted by Gasteiger charge is -2.20. The van der Waals surface area contributed by atoms with Crippen LogP contribution in [0.25, 0.3) is 0 Å². The van der Waals surface area contributed by atoms with Gasteiger partial charge in [-0.25, -0.2) is 13.1 Å². The molecule has 1 rings (SSSR count). The highest BCUT2D eigenvalue weighted by molar-refractivity contribution is 7.89. The number of hydrogen-bond acceptors (Lipinski definition) is 4. The number of sulfonamides is 1. The van der Waals surface area contributed by atoms with E-state index in [1.165, 1.54) is 12.1 Å². The molecular formula is C14H23N3O3S. The van der Waals surface area contributed by atoms with Gasteiger partial charge in [-0.2, -0.15) is 0 Å². The molecule has 0 saturated carbocycles. The highest BCUT2D eigenvalue weighted by Crippen LogP contribution is 2.16. The van der Waals surface area contributed by atoms with Gasteiger partial charge >= 0.3 is 0 Å². The van der Waals surface area contributed by atoms with Gasteiger partial charge in [-0.15, -0.1) is 0 Å². The van der Waals surface area contributed by atoms with E-state index in [2.05, 4.69) is 10.0 Å². The maximum atomic E-state index is 12.1. The average molecular weight is 313 g/mol. The van der Waals surface area contributed by atoms with Crippen molar-refractivity contribution in [3.05, 3.63) is 23.8 Å². The molecule has 1 aromatic rings. The SMILES string of the molecule is Cc1ccc(S(=O)(=O)NCCC(=O)NC(C)(C)C)cc1N. The van der Waals surface area contributed by atoms with Gasteiger partial charge in [0.15, 0.2) is 0 Å². The number of anilines is 1. The van der Waals surface area contributed by atoms with E-state index < -0.39 is 10.0 Å². The fourth-order valence-corrected chi connectivity index (χ4v) is 2.72. The zero-order valence-electron chi connectivity index (χ0n) is 12.9. The molecule has 0 atom stereocenters. The number of nitrogen functional groups attached to an aromatic ring is 1. The first-order valence-corrected chi connectivity index (χ1v) is 8.16. The molecule has 7 heteroatoms. The summed E-state index contributed by atoms with van der Waals surface area (Å²) in [6.45, 7) is 7.44. The van der Waals surface area contributed by atoms with Crippen molar-refractivity contribution in [1.82, 2.24) is 10.0 Å². The minimum atomic E-state index is -3.65. The second-order valence-corrected chi connectivity index (χ2v) is 7.73. The predicted octanol–water partition coefficient (Wildman–Crippen LogP) is 1.16. The molecule has 0 heterocycles. The van der Waals surface area contributed by atoms with Crippen LogP contribution in [-0.2, 0) is 14.8 Å². The van der Waals surface area contributed by atoms with Crippen molar-refractivity contribution in [2.75, 3.05) is 12.3 Å². The van der Waals surface area contributed by atoms with Gasteiger partial charge in [0, 0.05) is 24.2 Å². The maximum Gasteiger partial charge on any atom is 0.240 e. The Bertz CT molecular complexity index is 619. The van der Waals surface area contributed by atoms with Gasteiger partial charge in [-0.3, -0.25) is 4.79 Å². The Morgan fingerprint density at radius 3 is 2.43 bits per heavy atom. The lowest BCUT2D eigenvalue weighted by atomic mass is 10.1. The second-order valence-electron chi connectivity index (χ2n) is 5.96.